The standard InChI is InChI=1S/C48H32N4O2S2/c1-51-36(25-49)39-29-13-5-7-15-31(29)43(53)33(39)21-27-22-35-41(47(27)17-9-3-10-18-47)46-42(48(35)19-11-4-12-20-48)45-38(56-46)24-28(55-45)23-34-40(37(26-50)52-2)30-14-6-8-16-32(30)44(34)54/h5-8,13-16,21-24H,3-4,9-12,17-20H2/b33-21-,34-23-,39-36+,40-37-. The number of fused-ring (bicyclic) bond motifs is 9. The van der Waals surface area contributed by atoms with Crippen LogP contribution in [-0.4, -0.2) is 11.6 Å². The molecule has 6 nitrogen and oxygen atoms in total. The molecule has 0 N–H and O–H groups in total. The number of ketones is 2. The SMILES string of the molecule is [C-]#[N+]/C(C#N)=C1\C(=C\c2cc3sc4c(c3s2)C2(CCCCC2)C2=C4C3(CCCCC3)C(/C=C3\C(=O)c4ccccc4\C3=C(\C#N)[N+]#[C-])=C2)C(=O)c2ccccc21. The number of carbonyl (C=O) groups is 2. The summed E-state index contributed by atoms with van der Waals surface area (Å²) < 4.78 is 2.44. The monoisotopic (exact) mass is 760 g/mol. The van der Waals surface area contributed by atoms with E-state index in [1.165, 1.54) is 37.4 Å². The summed E-state index contributed by atoms with van der Waals surface area (Å²) in [5.74, 6) is -0.290. The fourth-order valence-electron chi connectivity index (χ4n) is 10.7. The summed E-state index contributed by atoms with van der Waals surface area (Å²) in [6.45, 7) is 15.6. The molecule has 10 rings (SSSR count). The highest BCUT2D eigenvalue weighted by Crippen LogP contribution is 2.70. The van der Waals surface area contributed by atoms with E-state index in [2.05, 4.69) is 34.0 Å². The molecule has 8 heteroatoms. The number of nitrogens with zero attached hydrogens (tertiary/aromatic N) is 4. The average molecular weight is 761 g/mol. The van der Waals surface area contributed by atoms with Gasteiger partial charge >= 0.3 is 0 Å². The van der Waals surface area contributed by atoms with Gasteiger partial charge in [-0.15, -0.1) is 22.7 Å². The Kier molecular flexibility index (Phi) is 7.78. The zero-order chi connectivity index (χ0) is 38.3. The number of Topliss-reactive ketones (excluding diaryl/α,β-unsaturated/α-hetero) is 2. The Hall–Kier alpha value is -6.16. The van der Waals surface area contributed by atoms with Gasteiger partial charge in [0.15, 0.2) is 11.6 Å². The van der Waals surface area contributed by atoms with Crippen molar-refractivity contribution in [3.63, 3.8) is 0 Å². The van der Waals surface area contributed by atoms with Crippen molar-refractivity contribution in [1.82, 2.24) is 0 Å². The van der Waals surface area contributed by atoms with Crippen LogP contribution in [0, 0.1) is 41.2 Å². The van der Waals surface area contributed by atoms with Gasteiger partial charge in [0.25, 0.3) is 11.4 Å². The van der Waals surface area contributed by atoms with Gasteiger partial charge in [0.1, 0.15) is 0 Å². The van der Waals surface area contributed by atoms with Crippen LogP contribution in [0.3, 0.4) is 0 Å². The number of hydrogen-bond donors (Lipinski definition) is 0. The van der Waals surface area contributed by atoms with Gasteiger partial charge in [0, 0.05) is 58.7 Å². The average Bonchev–Trinajstić information content (AvgIpc) is 4.03. The lowest BCUT2D eigenvalue weighted by atomic mass is 9.66. The topological polar surface area (TPSA) is 90.4 Å². The third kappa shape index (κ3) is 4.55. The minimum Gasteiger partial charge on any atom is -0.289 e. The van der Waals surface area contributed by atoms with Crippen LogP contribution in [0.2, 0.25) is 0 Å². The Labute approximate surface area is 333 Å². The van der Waals surface area contributed by atoms with Gasteiger partial charge in [-0.05, 0) is 77.3 Å². The molecule has 56 heavy (non-hydrogen) atoms. The maximum atomic E-state index is 14.1. The zero-order valence-corrected chi connectivity index (χ0v) is 32.1. The smallest absolute Gasteiger partial charge is 0.270 e. The lowest BCUT2D eigenvalue weighted by Gasteiger charge is -2.38. The van der Waals surface area contributed by atoms with Crippen LogP contribution < -0.4 is 0 Å². The second kappa shape index (κ2) is 12.7. The summed E-state index contributed by atoms with van der Waals surface area (Å²) in [6.07, 6.45) is 17.2. The van der Waals surface area contributed by atoms with Gasteiger partial charge < -0.3 is 0 Å². The lowest BCUT2D eigenvalue weighted by molar-refractivity contribution is 0.103. The van der Waals surface area contributed by atoms with E-state index in [4.69, 9.17) is 13.1 Å². The molecular weight excluding hydrogens is 729 g/mol. The molecule has 0 atom stereocenters. The fourth-order valence-corrected chi connectivity index (χ4v) is 13.7. The van der Waals surface area contributed by atoms with Crippen LogP contribution in [0.25, 0.3) is 41.9 Å². The van der Waals surface area contributed by atoms with Crippen LogP contribution in [0.5, 0.6) is 0 Å². The molecule has 268 valence electrons. The molecule has 6 aliphatic carbocycles. The van der Waals surface area contributed by atoms with E-state index in [-0.39, 0.29) is 33.8 Å². The van der Waals surface area contributed by atoms with E-state index >= 15 is 0 Å². The summed E-state index contributed by atoms with van der Waals surface area (Å²) in [7, 11) is 0. The number of benzene rings is 2. The molecule has 2 heterocycles. The van der Waals surface area contributed by atoms with Gasteiger partial charge in [-0.3, -0.25) is 9.59 Å². The Morgan fingerprint density at radius 2 is 1.21 bits per heavy atom. The predicted octanol–water partition coefficient (Wildman–Crippen LogP) is 12.2. The predicted molar refractivity (Wildman–Crippen MR) is 221 cm³/mol. The van der Waals surface area contributed by atoms with Crippen molar-refractivity contribution in [3.05, 3.63) is 161 Å². The summed E-state index contributed by atoms with van der Waals surface area (Å²) in [5.41, 5.74) is 8.90. The van der Waals surface area contributed by atoms with Crippen molar-refractivity contribution in [2.45, 2.75) is 69.6 Å². The van der Waals surface area contributed by atoms with Crippen LogP contribution in [0.4, 0.5) is 0 Å². The molecule has 0 radical (unpaired) electrons. The molecule has 0 unspecified atom stereocenters. The molecule has 6 aliphatic rings. The Bertz CT molecular complexity index is 2860. The van der Waals surface area contributed by atoms with Crippen molar-refractivity contribution < 1.29 is 9.59 Å². The first kappa shape index (κ1) is 34.3. The Morgan fingerprint density at radius 3 is 1.75 bits per heavy atom. The van der Waals surface area contributed by atoms with Gasteiger partial charge in [-0.25, -0.2) is 20.2 Å². The normalized spacial score (nSPS) is 23.1. The number of allylic oxidation sites excluding steroid dienone is 11. The highest BCUT2D eigenvalue weighted by atomic mass is 32.1. The van der Waals surface area contributed by atoms with Gasteiger partial charge in [0.2, 0.25) is 0 Å². The molecule has 2 aromatic carbocycles. The number of carbonyl (C=O) groups excluding carboxylic acids is 2. The van der Waals surface area contributed by atoms with Crippen molar-refractivity contribution in [2.24, 2.45) is 5.41 Å². The molecule has 2 fully saturated rings. The summed E-state index contributed by atoms with van der Waals surface area (Å²) in [5, 5.41) is 20.0. The van der Waals surface area contributed by atoms with Crippen molar-refractivity contribution in [3.8, 4) is 12.1 Å². The summed E-state index contributed by atoms with van der Waals surface area (Å²) >= 11 is 3.55. The van der Waals surface area contributed by atoms with Gasteiger partial charge in [0.05, 0.1) is 30.0 Å². The highest BCUT2D eigenvalue weighted by Gasteiger charge is 2.56. The maximum Gasteiger partial charge on any atom is 0.270 e. The minimum atomic E-state index is -0.270. The molecule has 0 amide bonds. The van der Waals surface area contributed by atoms with Crippen LogP contribution in [0.15, 0.2) is 100 Å². The van der Waals surface area contributed by atoms with Crippen molar-refractivity contribution in [1.29, 1.82) is 10.5 Å². The van der Waals surface area contributed by atoms with E-state index in [9.17, 15) is 20.1 Å². The Morgan fingerprint density at radius 1 is 0.696 bits per heavy atom. The van der Waals surface area contributed by atoms with E-state index in [1.54, 1.807) is 23.5 Å². The lowest BCUT2D eigenvalue weighted by Crippen LogP contribution is -2.28. The van der Waals surface area contributed by atoms with Crippen LogP contribution >= 0.6 is 22.7 Å². The first-order chi connectivity index (χ1) is 27.4. The van der Waals surface area contributed by atoms with Gasteiger partial charge in [-0.2, -0.15) is 0 Å². The zero-order valence-electron chi connectivity index (χ0n) is 30.4. The minimum absolute atomic E-state index is 0.0506. The fraction of sp³-hybridized carbons (Fsp3) is 0.250. The molecule has 2 spiro atoms. The summed E-state index contributed by atoms with van der Waals surface area (Å²) in [6, 6.07) is 20.9. The van der Waals surface area contributed by atoms with E-state index in [1.807, 2.05) is 59.9 Å². The van der Waals surface area contributed by atoms with Gasteiger partial charge in [-0.1, -0.05) is 93.1 Å². The molecule has 2 aromatic heterocycles. The summed E-state index contributed by atoms with van der Waals surface area (Å²) in [4.78, 5) is 37.3. The van der Waals surface area contributed by atoms with Crippen LogP contribution in [-0.2, 0) is 5.41 Å². The number of hydrogen-bond acceptors (Lipinski definition) is 6. The number of thiophene rings is 2. The second-order valence-corrected chi connectivity index (χ2v) is 17.7. The largest absolute Gasteiger partial charge is 0.289 e. The second-order valence-electron chi connectivity index (χ2n) is 15.6. The van der Waals surface area contributed by atoms with Crippen LogP contribution in [0.1, 0.15) is 111 Å². The highest BCUT2D eigenvalue weighted by molar-refractivity contribution is 7.29. The molecule has 0 aliphatic heterocycles. The molecule has 0 saturated heterocycles. The van der Waals surface area contributed by atoms with E-state index < -0.39 is 0 Å². The van der Waals surface area contributed by atoms with Crippen molar-refractivity contribution in [2.75, 3.05) is 0 Å². The maximum absolute atomic E-state index is 14.1. The third-order valence-electron chi connectivity index (χ3n) is 13.0. The first-order valence-corrected chi connectivity index (χ1v) is 20.8. The molecular formula is C48H32N4O2S2. The third-order valence-corrected chi connectivity index (χ3v) is 15.4. The van der Waals surface area contributed by atoms with E-state index in [0.717, 1.165) is 68.2 Å². The van der Waals surface area contributed by atoms with Crippen molar-refractivity contribution >= 4 is 66.4 Å². The molecule has 2 saturated carbocycles. The quantitative estimate of drug-likeness (QED) is 0.116. The number of rotatable bonds is 2. The number of nitriles is 2. The molecule has 0 bridgehead atoms. The first-order valence-electron chi connectivity index (χ1n) is 19.2. The van der Waals surface area contributed by atoms with E-state index in [0.29, 0.717) is 44.5 Å². The molecule has 4 aromatic rings. The Balaban J connectivity index is 1.14.